The van der Waals surface area contributed by atoms with Crippen molar-refractivity contribution in [3.05, 3.63) is 58.9 Å². The molecule has 0 radical (unpaired) electrons. The van der Waals surface area contributed by atoms with Crippen molar-refractivity contribution in [1.82, 2.24) is 9.88 Å². The summed E-state index contributed by atoms with van der Waals surface area (Å²) in [4.78, 5) is 6.16. The number of likely N-dealkylation sites (N-methyl/N-ethyl adjacent to an activating group) is 1. The Morgan fingerprint density at radius 2 is 1.97 bits per heavy atom. The van der Waals surface area contributed by atoms with Gasteiger partial charge in [-0.1, -0.05) is 42.8 Å². The Balaban J connectivity index is 1.29. The largest absolute Gasteiger partial charge is 0.389 e. The fraction of sp³-hybridized carbons (Fsp3) is 0.567. The van der Waals surface area contributed by atoms with E-state index in [1.165, 1.54) is 5.57 Å². The van der Waals surface area contributed by atoms with Crippen LogP contribution < -0.4 is 0 Å². The van der Waals surface area contributed by atoms with E-state index in [0.29, 0.717) is 18.0 Å². The number of aliphatic hydroxyl groups is 2. The Bertz CT molecular complexity index is 1380. The first kappa shape index (κ1) is 24.2. The van der Waals surface area contributed by atoms with Gasteiger partial charge in [0.25, 0.3) is 0 Å². The topological polar surface area (TPSA) is 65.8 Å². The van der Waals surface area contributed by atoms with Crippen LogP contribution in [-0.2, 0) is 4.74 Å². The summed E-state index contributed by atoms with van der Waals surface area (Å²) in [6.45, 7) is 2.32. The van der Waals surface area contributed by atoms with E-state index in [0.717, 1.165) is 41.2 Å². The van der Waals surface area contributed by atoms with Crippen LogP contribution >= 0.6 is 11.6 Å². The Morgan fingerprint density at radius 1 is 1.16 bits per heavy atom. The number of nitrogens with zero attached hydrogens (tertiary/aromatic N) is 2. The summed E-state index contributed by atoms with van der Waals surface area (Å²) in [5.41, 5.74) is -0.391. The van der Waals surface area contributed by atoms with Crippen LogP contribution in [-0.4, -0.2) is 69.3 Å². The van der Waals surface area contributed by atoms with Gasteiger partial charge in [-0.2, -0.15) is 0 Å². The lowest BCUT2D eigenvalue weighted by Crippen LogP contribution is -2.73. The highest BCUT2D eigenvalue weighted by molar-refractivity contribution is 6.34. The third-order valence-corrected chi connectivity index (χ3v) is 11.0. The molecule has 1 saturated carbocycles. The SMILES string of the molecule is CN(C)C1C[C@@]23CC[C@@]4(O2)C(=CC[C@]2(C)C(c5ccc6ccnc(Cl)c6c5)=CCC24)CC3(F)[C@@H](O)[C@@H]1O. The molecule has 8 atom stereocenters. The van der Waals surface area contributed by atoms with Gasteiger partial charge in [0, 0.05) is 35.4 Å². The van der Waals surface area contributed by atoms with Gasteiger partial charge in [0.2, 0.25) is 0 Å². The molecule has 3 heterocycles. The van der Waals surface area contributed by atoms with Crippen LogP contribution in [0, 0.1) is 11.3 Å². The molecule has 1 aromatic heterocycles. The highest BCUT2D eigenvalue weighted by Crippen LogP contribution is 2.70. The zero-order valence-electron chi connectivity index (χ0n) is 21.5. The summed E-state index contributed by atoms with van der Waals surface area (Å²) in [6.07, 6.45) is 7.06. The van der Waals surface area contributed by atoms with Crippen LogP contribution in [0.25, 0.3) is 16.3 Å². The summed E-state index contributed by atoms with van der Waals surface area (Å²) >= 11 is 6.45. The fourth-order valence-corrected chi connectivity index (χ4v) is 8.95. The minimum atomic E-state index is -1.99. The lowest BCUT2D eigenvalue weighted by atomic mass is 9.56. The van der Waals surface area contributed by atoms with E-state index < -0.39 is 29.1 Å². The number of pyridine rings is 1. The van der Waals surface area contributed by atoms with Crippen LogP contribution in [0.5, 0.6) is 0 Å². The molecule has 3 fully saturated rings. The van der Waals surface area contributed by atoms with E-state index in [-0.39, 0.29) is 23.8 Å². The molecular formula is C30H34ClFN2O3. The first-order chi connectivity index (χ1) is 17.5. The van der Waals surface area contributed by atoms with E-state index in [9.17, 15) is 10.2 Å². The lowest BCUT2D eigenvalue weighted by Gasteiger charge is -2.61. The van der Waals surface area contributed by atoms with Gasteiger partial charge in [0.1, 0.15) is 16.9 Å². The number of aliphatic hydroxyl groups excluding tert-OH is 2. The molecule has 1 aromatic carbocycles. The van der Waals surface area contributed by atoms with Crippen LogP contribution in [0.4, 0.5) is 4.39 Å². The highest BCUT2D eigenvalue weighted by Gasteiger charge is 2.76. The summed E-state index contributed by atoms with van der Waals surface area (Å²) in [5, 5.41) is 24.5. The number of benzene rings is 1. The molecule has 2 aromatic rings. The molecule has 5 aliphatic rings. The van der Waals surface area contributed by atoms with Gasteiger partial charge in [0.15, 0.2) is 5.67 Å². The average molecular weight is 525 g/mol. The van der Waals surface area contributed by atoms with E-state index in [2.05, 4.69) is 42.3 Å². The average Bonchev–Trinajstić information content (AvgIpc) is 3.40. The van der Waals surface area contributed by atoms with Crippen LogP contribution in [0.15, 0.2) is 48.2 Å². The molecule has 196 valence electrons. The van der Waals surface area contributed by atoms with Crippen molar-refractivity contribution in [3.63, 3.8) is 0 Å². The molecule has 2 saturated heterocycles. The number of alkyl halides is 1. The second-order valence-electron chi connectivity index (χ2n) is 12.5. The van der Waals surface area contributed by atoms with Gasteiger partial charge >= 0.3 is 0 Å². The lowest BCUT2D eigenvalue weighted by molar-refractivity contribution is -0.282. The molecule has 2 aliphatic heterocycles. The standard InChI is InChI=1S/C30H34ClFN2O3/c1-27-10-8-19-15-30(32)25(36)24(35)22(34(2)3)16-28(30)11-12-29(19,37-28)23(27)7-6-21(27)18-5-4-17-9-13-33-26(31)20(17)14-18/h4-6,8-9,13-14,22-25,35-36H,7,10-12,15-16H2,1-3H3/t22?,23?,24-,25+,27-,28-,29-,30?/m1/s1. The van der Waals surface area contributed by atoms with E-state index in [4.69, 9.17) is 16.3 Å². The summed E-state index contributed by atoms with van der Waals surface area (Å²) in [6, 6.07) is 8.03. The maximum Gasteiger partial charge on any atom is 0.171 e. The van der Waals surface area contributed by atoms with Gasteiger partial charge in [-0.05, 0) is 80.4 Å². The van der Waals surface area contributed by atoms with Crippen molar-refractivity contribution >= 4 is 27.9 Å². The van der Waals surface area contributed by atoms with Crippen molar-refractivity contribution in [2.75, 3.05) is 14.1 Å². The molecule has 7 rings (SSSR count). The minimum absolute atomic E-state index is 0.130. The molecule has 3 unspecified atom stereocenters. The molecule has 2 spiro atoms. The second kappa shape index (κ2) is 7.64. The van der Waals surface area contributed by atoms with Crippen LogP contribution in [0.3, 0.4) is 0 Å². The van der Waals surface area contributed by atoms with Gasteiger partial charge in [-0.3, -0.25) is 0 Å². The number of aromatic nitrogens is 1. The van der Waals surface area contributed by atoms with Crippen molar-refractivity contribution in [2.45, 2.75) is 80.6 Å². The number of hydrogen-bond acceptors (Lipinski definition) is 5. The molecular weight excluding hydrogens is 491 g/mol. The number of halogens is 2. The zero-order valence-corrected chi connectivity index (χ0v) is 22.3. The second-order valence-corrected chi connectivity index (χ2v) is 12.8. The van der Waals surface area contributed by atoms with Crippen LogP contribution in [0.1, 0.15) is 51.0 Å². The molecule has 5 nitrogen and oxygen atoms in total. The zero-order chi connectivity index (χ0) is 26.0. The third-order valence-electron chi connectivity index (χ3n) is 10.7. The molecule has 37 heavy (non-hydrogen) atoms. The van der Waals surface area contributed by atoms with Crippen molar-refractivity contribution < 1.29 is 19.3 Å². The number of rotatable bonds is 2. The van der Waals surface area contributed by atoms with Crippen molar-refractivity contribution in [3.8, 4) is 0 Å². The summed E-state index contributed by atoms with van der Waals surface area (Å²) in [7, 11) is 3.75. The number of allylic oxidation sites excluding steroid dienone is 3. The number of fused-ring (bicyclic) bond motifs is 2. The Hall–Kier alpha value is -1.83. The quantitative estimate of drug-likeness (QED) is 0.423. The van der Waals surface area contributed by atoms with Crippen molar-refractivity contribution in [1.29, 1.82) is 0 Å². The minimum Gasteiger partial charge on any atom is -0.389 e. The molecule has 7 heteroatoms. The number of ether oxygens (including phenoxy) is 1. The Morgan fingerprint density at radius 3 is 2.76 bits per heavy atom. The summed E-state index contributed by atoms with van der Waals surface area (Å²) < 4.78 is 23.9. The maximum absolute atomic E-state index is 16.9. The van der Waals surface area contributed by atoms with E-state index in [1.54, 1.807) is 6.20 Å². The first-order valence-electron chi connectivity index (χ1n) is 13.4. The van der Waals surface area contributed by atoms with E-state index in [1.807, 2.05) is 25.1 Å². The maximum atomic E-state index is 16.9. The number of hydrogen-bond donors (Lipinski definition) is 2. The third kappa shape index (κ3) is 2.91. The predicted octanol–water partition coefficient (Wildman–Crippen LogP) is 5.08. The smallest absolute Gasteiger partial charge is 0.171 e. The van der Waals surface area contributed by atoms with Gasteiger partial charge in [0.05, 0.1) is 11.7 Å². The fourth-order valence-electron chi connectivity index (χ4n) is 8.73. The summed E-state index contributed by atoms with van der Waals surface area (Å²) in [5.74, 6) is 0.181. The Labute approximate surface area is 222 Å². The van der Waals surface area contributed by atoms with Crippen LogP contribution in [0.2, 0.25) is 5.15 Å². The normalized spacial score (nSPS) is 44.3. The Kier molecular flexibility index (Phi) is 5.00. The first-order valence-corrected chi connectivity index (χ1v) is 13.8. The predicted molar refractivity (Wildman–Crippen MR) is 142 cm³/mol. The molecule has 3 aliphatic carbocycles. The molecule has 2 N–H and O–H groups in total. The van der Waals surface area contributed by atoms with Gasteiger partial charge in [-0.25, -0.2) is 9.37 Å². The monoisotopic (exact) mass is 524 g/mol. The van der Waals surface area contributed by atoms with Gasteiger partial charge in [-0.15, -0.1) is 0 Å². The van der Waals surface area contributed by atoms with Gasteiger partial charge < -0.3 is 19.8 Å². The highest BCUT2D eigenvalue weighted by atomic mass is 35.5. The molecule has 0 amide bonds. The van der Waals surface area contributed by atoms with Crippen molar-refractivity contribution in [2.24, 2.45) is 11.3 Å². The van der Waals surface area contributed by atoms with E-state index >= 15 is 4.39 Å². The molecule has 2 bridgehead atoms.